The Morgan fingerprint density at radius 2 is 1.37 bits per heavy atom. The molecule has 0 spiro atoms. The van der Waals surface area contributed by atoms with Crippen LogP contribution >= 0.6 is 0 Å². The van der Waals surface area contributed by atoms with E-state index in [2.05, 4.69) is 65.7 Å². The second-order valence-electron chi connectivity index (χ2n) is 7.95. The lowest BCUT2D eigenvalue weighted by molar-refractivity contribution is -0.695. The van der Waals surface area contributed by atoms with Gasteiger partial charge >= 0.3 is 0 Å². The van der Waals surface area contributed by atoms with Crippen LogP contribution < -0.4 is 4.57 Å². The molecule has 2 nitrogen and oxygen atoms in total. The molecule has 27 heavy (non-hydrogen) atoms. The van der Waals surface area contributed by atoms with Crippen molar-refractivity contribution in [3.05, 3.63) is 54.1 Å². The first-order chi connectivity index (χ1) is 13.3. The van der Waals surface area contributed by atoms with Gasteiger partial charge in [0.25, 0.3) is 5.82 Å². The fraction of sp³-hybridized carbons (Fsp3) is 0.640. The Hall–Kier alpha value is -1.57. The van der Waals surface area contributed by atoms with Gasteiger partial charge in [-0.15, -0.1) is 0 Å². The summed E-state index contributed by atoms with van der Waals surface area (Å²) < 4.78 is 4.99. The second kappa shape index (κ2) is 13.6. The normalized spacial score (nSPS) is 11.2. The minimum atomic E-state index is 0.993. The van der Waals surface area contributed by atoms with Gasteiger partial charge in [0.15, 0.2) is 0 Å². The van der Waals surface area contributed by atoms with Crippen LogP contribution in [0, 0.1) is 0 Å². The maximum Gasteiger partial charge on any atom is 0.256 e. The van der Waals surface area contributed by atoms with Crippen molar-refractivity contribution in [1.29, 1.82) is 0 Å². The third-order valence-electron chi connectivity index (χ3n) is 5.54. The third kappa shape index (κ3) is 8.32. The highest BCUT2D eigenvalue weighted by Gasteiger charge is 2.16. The fourth-order valence-electron chi connectivity index (χ4n) is 3.86. The van der Waals surface area contributed by atoms with E-state index in [4.69, 9.17) is 0 Å². The largest absolute Gasteiger partial charge is 0.256 e. The van der Waals surface area contributed by atoms with Crippen LogP contribution in [0.4, 0.5) is 0 Å². The molecule has 0 N–H and O–H groups in total. The van der Waals surface area contributed by atoms with Gasteiger partial charge in [-0.25, -0.2) is 9.13 Å². The van der Waals surface area contributed by atoms with E-state index in [1.165, 1.54) is 95.0 Å². The summed E-state index contributed by atoms with van der Waals surface area (Å²) in [6.07, 6.45) is 20.8. The molecule has 0 radical (unpaired) electrons. The third-order valence-corrected chi connectivity index (χ3v) is 5.54. The number of aryl methyl sites for hydroxylation is 1. The van der Waals surface area contributed by atoms with Gasteiger partial charge in [0.05, 0.1) is 6.54 Å². The zero-order valence-electron chi connectivity index (χ0n) is 17.8. The number of rotatable bonds is 15. The first-order valence-corrected chi connectivity index (χ1v) is 11.5. The summed E-state index contributed by atoms with van der Waals surface area (Å²) >= 11 is 0. The monoisotopic (exact) mass is 369 g/mol. The smallest absolute Gasteiger partial charge is 0.234 e. The van der Waals surface area contributed by atoms with Crippen molar-refractivity contribution in [2.24, 2.45) is 0 Å². The molecule has 0 aliphatic carbocycles. The molecule has 1 heterocycles. The average Bonchev–Trinajstić information content (AvgIpc) is 3.06. The van der Waals surface area contributed by atoms with Crippen LogP contribution in [-0.4, -0.2) is 4.57 Å². The Morgan fingerprint density at radius 3 is 2.07 bits per heavy atom. The maximum atomic E-state index is 2.52. The van der Waals surface area contributed by atoms with E-state index in [0.29, 0.717) is 0 Å². The number of hydrogen-bond acceptors (Lipinski definition) is 0. The predicted molar refractivity (Wildman–Crippen MR) is 116 cm³/mol. The van der Waals surface area contributed by atoms with Gasteiger partial charge in [-0.2, -0.15) is 0 Å². The fourth-order valence-corrected chi connectivity index (χ4v) is 3.86. The molecule has 1 aromatic carbocycles. The molecule has 0 saturated carbocycles. The second-order valence-corrected chi connectivity index (χ2v) is 7.95. The topological polar surface area (TPSA) is 8.81 Å². The van der Waals surface area contributed by atoms with Crippen molar-refractivity contribution >= 4 is 0 Å². The summed E-state index contributed by atoms with van der Waals surface area (Å²) in [5, 5.41) is 0. The Labute approximate surface area is 167 Å². The Morgan fingerprint density at radius 1 is 0.741 bits per heavy atom. The molecule has 2 rings (SSSR count). The van der Waals surface area contributed by atoms with Crippen molar-refractivity contribution in [2.75, 3.05) is 0 Å². The van der Waals surface area contributed by atoms with E-state index in [1.54, 1.807) is 0 Å². The minimum absolute atomic E-state index is 0.993. The molecular formula is C25H41N2+. The molecule has 0 amide bonds. The van der Waals surface area contributed by atoms with Gasteiger partial charge in [-0.3, -0.25) is 0 Å². The average molecular weight is 370 g/mol. The highest BCUT2D eigenvalue weighted by molar-refractivity contribution is 5.13. The van der Waals surface area contributed by atoms with Gasteiger partial charge in [0.2, 0.25) is 0 Å². The molecular weight excluding hydrogens is 328 g/mol. The van der Waals surface area contributed by atoms with E-state index in [9.17, 15) is 0 Å². The highest BCUT2D eigenvalue weighted by atomic mass is 15.1. The molecule has 150 valence electrons. The lowest BCUT2D eigenvalue weighted by atomic mass is 10.1. The zero-order chi connectivity index (χ0) is 19.2. The van der Waals surface area contributed by atoms with Gasteiger partial charge < -0.3 is 0 Å². The summed E-state index contributed by atoms with van der Waals surface area (Å²) in [7, 11) is 0. The van der Waals surface area contributed by atoms with Gasteiger partial charge in [-0.05, 0) is 24.8 Å². The van der Waals surface area contributed by atoms with Crippen LogP contribution in [0.5, 0.6) is 0 Å². The van der Waals surface area contributed by atoms with Crippen molar-refractivity contribution in [3.8, 4) is 0 Å². The highest BCUT2D eigenvalue weighted by Crippen LogP contribution is 2.11. The van der Waals surface area contributed by atoms with E-state index in [0.717, 1.165) is 6.54 Å². The van der Waals surface area contributed by atoms with E-state index >= 15 is 0 Å². The molecule has 0 aliphatic heterocycles. The quantitative estimate of drug-likeness (QED) is 0.244. The van der Waals surface area contributed by atoms with Crippen LogP contribution in [0.15, 0.2) is 42.7 Å². The standard InChI is InChI=1S/C25H41N2/c1-3-5-7-8-9-10-11-16-20-26-21-22-27(25(26)19-13-6-4-2)23-24-17-14-12-15-18-24/h12,14-15,17-18,21-22H,3-11,13,16,19-20,23H2,1-2H3/q+1. The first kappa shape index (κ1) is 21.7. The van der Waals surface area contributed by atoms with Gasteiger partial charge in [0.1, 0.15) is 18.9 Å². The minimum Gasteiger partial charge on any atom is -0.234 e. The van der Waals surface area contributed by atoms with Crippen molar-refractivity contribution in [2.45, 2.75) is 104 Å². The molecule has 0 unspecified atom stereocenters. The maximum absolute atomic E-state index is 2.52. The molecule has 2 aromatic rings. The lowest BCUT2D eigenvalue weighted by Gasteiger charge is -2.06. The molecule has 0 fully saturated rings. The molecule has 0 atom stereocenters. The molecule has 2 heteroatoms. The van der Waals surface area contributed by atoms with Crippen LogP contribution in [0.2, 0.25) is 0 Å². The van der Waals surface area contributed by atoms with Gasteiger partial charge in [0, 0.05) is 6.42 Å². The van der Waals surface area contributed by atoms with Crippen LogP contribution in [0.3, 0.4) is 0 Å². The molecule has 0 bridgehead atoms. The summed E-state index contributed by atoms with van der Waals surface area (Å²) in [5.74, 6) is 1.51. The van der Waals surface area contributed by atoms with Gasteiger partial charge in [-0.1, -0.05) is 95.5 Å². The summed E-state index contributed by atoms with van der Waals surface area (Å²) in [5.41, 5.74) is 1.39. The number of imidazole rings is 1. The van der Waals surface area contributed by atoms with E-state index < -0.39 is 0 Å². The molecule has 0 saturated heterocycles. The Bertz CT molecular complexity index is 600. The van der Waals surface area contributed by atoms with E-state index in [1.807, 2.05) is 0 Å². The lowest BCUT2D eigenvalue weighted by Crippen LogP contribution is -2.37. The first-order valence-electron chi connectivity index (χ1n) is 11.5. The SMILES string of the molecule is CCCCCCCCCCn1cc[n+](Cc2ccccc2)c1CCCCC. The number of unbranched alkanes of at least 4 members (excludes halogenated alkanes) is 9. The van der Waals surface area contributed by atoms with E-state index in [-0.39, 0.29) is 0 Å². The van der Waals surface area contributed by atoms with Crippen molar-refractivity contribution in [1.82, 2.24) is 4.57 Å². The Balaban J connectivity index is 1.84. The van der Waals surface area contributed by atoms with Crippen LogP contribution in [0.1, 0.15) is 95.9 Å². The van der Waals surface area contributed by atoms with Crippen LogP contribution in [0.25, 0.3) is 0 Å². The number of nitrogens with zero attached hydrogens (tertiary/aromatic N) is 2. The molecule has 1 aromatic heterocycles. The summed E-state index contributed by atoms with van der Waals surface area (Å²) in [4.78, 5) is 0. The Kier molecular flexibility index (Phi) is 10.9. The number of aromatic nitrogens is 2. The summed E-state index contributed by atoms with van der Waals surface area (Å²) in [6.45, 7) is 6.75. The molecule has 0 aliphatic rings. The van der Waals surface area contributed by atoms with Crippen molar-refractivity contribution in [3.63, 3.8) is 0 Å². The number of hydrogen-bond donors (Lipinski definition) is 0. The predicted octanol–water partition coefficient (Wildman–Crippen LogP) is 6.70. The van der Waals surface area contributed by atoms with Crippen LogP contribution in [-0.2, 0) is 19.5 Å². The zero-order valence-corrected chi connectivity index (χ0v) is 17.8. The van der Waals surface area contributed by atoms with Crippen molar-refractivity contribution < 1.29 is 4.57 Å². The summed E-state index contributed by atoms with van der Waals surface area (Å²) in [6, 6.07) is 10.9. The number of benzene rings is 1.